The van der Waals surface area contributed by atoms with Crippen LogP contribution in [0.2, 0.25) is 0 Å². The summed E-state index contributed by atoms with van der Waals surface area (Å²) in [6.45, 7) is 8.00. The van der Waals surface area contributed by atoms with Gasteiger partial charge < -0.3 is 5.11 Å². The molecule has 0 atom stereocenters. The lowest BCUT2D eigenvalue weighted by molar-refractivity contribution is 0.399. The average Bonchev–Trinajstić information content (AvgIpc) is 1.78. The number of hydrogen-bond acceptors (Lipinski definition) is 1. The lowest BCUT2D eigenvalue weighted by Crippen LogP contribution is -1.25. The van der Waals surface area contributed by atoms with Gasteiger partial charge in [-0.1, -0.05) is 27.7 Å². The highest BCUT2D eigenvalue weighted by Crippen LogP contribution is 1.15. The molecule has 0 spiro atoms. The van der Waals surface area contributed by atoms with Gasteiger partial charge in [-0.15, -0.1) is 0 Å². The zero-order valence-corrected chi connectivity index (χ0v) is 5.41. The van der Waals surface area contributed by atoms with E-state index in [9.17, 15) is 0 Å². The van der Waals surface area contributed by atoms with Crippen molar-refractivity contribution < 1.29 is 5.11 Å². The largest absolute Gasteiger partial charge is 0.400 e. The Hall–Kier alpha value is -0.0400. The van der Waals surface area contributed by atoms with Crippen LogP contribution in [0.25, 0.3) is 0 Å². The first-order valence-electron chi connectivity index (χ1n) is 2.82. The first-order chi connectivity index (χ1) is 3.41. The third-order valence-electron chi connectivity index (χ3n) is 0. The Bertz CT molecular complexity index is 8.04. The van der Waals surface area contributed by atoms with Gasteiger partial charge in [0, 0.05) is 7.11 Å². The molecule has 1 N–H and O–H groups in total. The zero-order chi connectivity index (χ0) is 6.71. The molecule has 0 rings (SSSR count). The van der Waals surface area contributed by atoms with Gasteiger partial charge in [-0.05, 0) is 0 Å². The van der Waals surface area contributed by atoms with E-state index in [0.717, 1.165) is 0 Å². The summed E-state index contributed by atoms with van der Waals surface area (Å²) < 4.78 is 5.71. The second-order valence-electron chi connectivity index (χ2n) is 0. The molecule has 0 heterocycles. The Morgan fingerprint density at radius 2 is 1.17 bits per heavy atom. The zero-order valence-electron chi connectivity index (χ0n) is 6.41. The van der Waals surface area contributed by atoms with Crippen molar-refractivity contribution in [2.45, 2.75) is 27.7 Å². The van der Waals surface area contributed by atoms with Gasteiger partial charge in [0.2, 0.25) is 1.43 Å². The fourth-order valence-corrected chi connectivity index (χ4v) is 0. The lowest BCUT2D eigenvalue weighted by atomic mass is 11.0. The van der Waals surface area contributed by atoms with E-state index in [2.05, 4.69) is 5.11 Å². The van der Waals surface area contributed by atoms with Crippen LogP contribution in [0.1, 0.15) is 27.7 Å². The topological polar surface area (TPSA) is 20.2 Å². The van der Waals surface area contributed by atoms with Crippen LogP contribution < -0.4 is 0 Å². The van der Waals surface area contributed by atoms with Crippen LogP contribution in [0.3, 0.4) is 0 Å². The van der Waals surface area contributed by atoms with Gasteiger partial charge in [0.15, 0.2) is 0 Å². The molecule has 6 heavy (non-hydrogen) atoms. The fraction of sp³-hybridized carbons (Fsp3) is 1.00. The summed E-state index contributed by atoms with van der Waals surface area (Å²) in [6.07, 6.45) is 0. The Morgan fingerprint density at radius 1 is 1.17 bits per heavy atom. The highest BCUT2D eigenvalue weighted by Gasteiger charge is 0.934. The summed E-state index contributed by atoms with van der Waals surface area (Å²) in [4.78, 5) is 0. The maximum absolute atomic E-state index is 5.71. The average molecular weight is 93.2 g/mol. The second kappa shape index (κ2) is 48600. The number of aliphatic hydroxyl groups is 1. The minimum atomic E-state index is 1.29. The van der Waals surface area contributed by atoms with Gasteiger partial charge in [-0.2, -0.15) is 0 Å². The molecule has 0 aliphatic carbocycles. The van der Waals surface area contributed by atoms with E-state index in [1.807, 2.05) is 27.7 Å². The Kier molecular flexibility index (Phi) is 75800. The molecule has 0 saturated heterocycles. The van der Waals surface area contributed by atoms with Crippen molar-refractivity contribution in [3.8, 4) is 0 Å². The van der Waals surface area contributed by atoms with Crippen LogP contribution in [0.4, 0.5) is 0 Å². The van der Waals surface area contributed by atoms with Crippen LogP contribution >= 0.6 is 0 Å². The van der Waals surface area contributed by atoms with E-state index in [-0.39, 0.29) is 0 Å². The molecule has 1 heteroatoms. The highest BCUT2D eigenvalue weighted by atomic mass is 16.2. The van der Waals surface area contributed by atoms with Gasteiger partial charge in [-0.25, -0.2) is 0 Å². The van der Waals surface area contributed by atoms with Crippen LogP contribution in [0.15, 0.2) is 0 Å². The summed E-state index contributed by atoms with van der Waals surface area (Å²) in [6, 6.07) is 0. The number of hydrogen-bond donors (Lipinski definition) is 1. The third-order valence-corrected chi connectivity index (χ3v) is 0. The molecule has 0 radical (unpaired) electrons. The van der Waals surface area contributed by atoms with Crippen LogP contribution in [0, 0.1) is 0 Å². The molecule has 1 nitrogen and oxygen atoms in total. The molecule has 0 unspecified atom stereocenters. The highest BCUT2D eigenvalue weighted by molar-refractivity contribution is 3.51. The molecule has 0 bridgehead atoms. The quantitative estimate of drug-likeness (QED) is 0.483. The van der Waals surface area contributed by atoms with Crippen molar-refractivity contribution in [2.75, 3.05) is 7.11 Å². The Morgan fingerprint density at radius 3 is 1.17 bits per heavy atom. The maximum atomic E-state index is 5.71. The van der Waals surface area contributed by atoms with Crippen LogP contribution in [0.5, 0.6) is 0 Å². The predicted molar refractivity (Wildman–Crippen MR) is 30.8 cm³/mol. The predicted octanol–water partition coefficient (Wildman–Crippen LogP) is 1.66. The van der Waals surface area contributed by atoms with Gasteiger partial charge >= 0.3 is 0 Å². The van der Waals surface area contributed by atoms with Crippen molar-refractivity contribution in [3.63, 3.8) is 0 Å². The summed E-state index contributed by atoms with van der Waals surface area (Å²) in [5.74, 6) is 0. The van der Waals surface area contributed by atoms with Gasteiger partial charge in [0.1, 0.15) is 0 Å². The molecule has 0 saturated carbocycles. The normalized spacial score (nSPS) is 5.17. The molecular weight excluding hydrogens is 76.1 g/mol. The first kappa shape index (κ1) is 9.35. The molecular formula is C5H16O. The molecule has 0 aromatic rings. The van der Waals surface area contributed by atoms with Crippen molar-refractivity contribution >= 4 is 0 Å². The summed E-state index contributed by atoms with van der Waals surface area (Å²) in [5.41, 5.74) is 0. The summed E-state index contributed by atoms with van der Waals surface area (Å²) in [5, 5.41) is 3.50. The molecule has 0 aromatic carbocycles. The SMILES string of the molecule is CC.CC.[2H]OC. The van der Waals surface area contributed by atoms with Crippen molar-refractivity contribution in [1.29, 1.82) is 1.43 Å². The van der Waals surface area contributed by atoms with Gasteiger partial charge in [0.05, 0.1) is 0 Å². The van der Waals surface area contributed by atoms with E-state index >= 15 is 0 Å². The van der Waals surface area contributed by atoms with E-state index in [1.54, 1.807) is 0 Å². The maximum Gasteiger partial charge on any atom is 0.210 e. The summed E-state index contributed by atoms with van der Waals surface area (Å²) >= 11 is 0. The Labute approximate surface area is 42.5 Å². The van der Waals surface area contributed by atoms with Crippen molar-refractivity contribution in [3.05, 3.63) is 0 Å². The minimum absolute atomic E-state index is 1.29. The van der Waals surface area contributed by atoms with E-state index in [0.29, 0.717) is 0 Å². The second-order valence-corrected chi connectivity index (χ2v) is 0. The smallest absolute Gasteiger partial charge is 0.210 e. The standard InChI is InChI=1S/2C2H6.CH4O/c3*1-2/h2*1-2H3;2H,1H3/i;;2D. The molecule has 0 aliphatic rings. The summed E-state index contributed by atoms with van der Waals surface area (Å²) in [7, 11) is 1.29. The lowest BCUT2D eigenvalue weighted by Gasteiger charge is -1.21. The number of aliphatic hydroxyl groups excluding tert-OH is 1. The van der Waals surface area contributed by atoms with Crippen LogP contribution in [-0.4, -0.2) is 13.6 Å². The molecule has 0 aliphatic heterocycles. The molecule has 0 amide bonds. The van der Waals surface area contributed by atoms with Crippen molar-refractivity contribution in [2.24, 2.45) is 0 Å². The fourth-order valence-electron chi connectivity index (χ4n) is 0. The molecule has 0 fully saturated rings. The third kappa shape index (κ3) is 21700. The van der Waals surface area contributed by atoms with Crippen molar-refractivity contribution in [1.82, 2.24) is 0 Å². The van der Waals surface area contributed by atoms with Crippen LogP contribution in [-0.2, 0) is 0 Å². The Balaban J connectivity index is -0.0000000360. The minimum Gasteiger partial charge on any atom is -0.400 e. The molecule has 0 aromatic heterocycles. The van der Waals surface area contributed by atoms with E-state index in [4.69, 9.17) is 1.43 Å². The number of rotatable bonds is 0. The monoisotopic (exact) mass is 93.1 g/mol. The first-order valence-corrected chi connectivity index (χ1v) is 2.41. The molecule has 42 valence electrons. The van der Waals surface area contributed by atoms with E-state index < -0.39 is 0 Å². The van der Waals surface area contributed by atoms with E-state index in [1.165, 1.54) is 7.11 Å². The van der Waals surface area contributed by atoms with Gasteiger partial charge in [-0.3, -0.25) is 0 Å². The van der Waals surface area contributed by atoms with Gasteiger partial charge in [0.25, 0.3) is 0 Å².